The van der Waals surface area contributed by atoms with E-state index in [1.165, 1.54) is 83.5 Å². The van der Waals surface area contributed by atoms with E-state index in [4.69, 9.17) is 4.74 Å². The summed E-state index contributed by atoms with van der Waals surface area (Å²) in [6.07, 6.45) is 20.5. The minimum atomic E-state index is 0.0712. The van der Waals surface area contributed by atoms with Crippen molar-refractivity contribution in [3.63, 3.8) is 0 Å². The molecular weight excluding hydrogens is 422 g/mol. The van der Waals surface area contributed by atoms with Gasteiger partial charge in [-0.3, -0.25) is 4.79 Å². The highest BCUT2D eigenvalue weighted by molar-refractivity contribution is 5.90. The summed E-state index contributed by atoms with van der Waals surface area (Å²) in [7, 11) is 0. The molecule has 0 heterocycles. The number of unbranched alkanes of at least 4 members (excludes halogenated alkanes) is 14. The Kier molecular flexibility index (Phi) is 14.6. The number of hydrogen-bond donors (Lipinski definition) is 2. The Morgan fingerprint density at radius 3 is 1.53 bits per heavy atom. The number of phenols is 1. The van der Waals surface area contributed by atoms with Crippen molar-refractivity contribution in [1.82, 2.24) is 0 Å². The van der Waals surface area contributed by atoms with E-state index in [1.807, 2.05) is 24.3 Å². The smallest absolute Gasteiger partial charge is 0.224 e. The molecule has 188 valence electrons. The summed E-state index contributed by atoms with van der Waals surface area (Å²) in [5.74, 6) is 1.62. The number of hydrogen-bond acceptors (Lipinski definition) is 3. The van der Waals surface area contributed by atoms with Gasteiger partial charge in [-0.25, -0.2) is 0 Å². The zero-order valence-electron chi connectivity index (χ0n) is 21.2. The summed E-state index contributed by atoms with van der Waals surface area (Å²) in [6, 6.07) is 13.9. The summed E-state index contributed by atoms with van der Waals surface area (Å²) in [4.78, 5) is 12.2. The number of carbonyl (C=O) groups is 1. The largest absolute Gasteiger partial charge is 0.508 e. The SMILES string of the molecule is CCCCCCCCCCCCCCCCCC(=O)Nc1ccc(Oc2ccc(O)cc2)cc1. The molecule has 0 aliphatic carbocycles. The number of benzene rings is 2. The fourth-order valence-electron chi connectivity index (χ4n) is 4.14. The summed E-state index contributed by atoms with van der Waals surface area (Å²) < 4.78 is 5.73. The van der Waals surface area contributed by atoms with Gasteiger partial charge < -0.3 is 15.2 Å². The number of ether oxygens (including phenoxy) is 1. The van der Waals surface area contributed by atoms with Gasteiger partial charge in [0.15, 0.2) is 0 Å². The van der Waals surface area contributed by atoms with Gasteiger partial charge in [0.1, 0.15) is 17.2 Å². The maximum Gasteiger partial charge on any atom is 0.224 e. The van der Waals surface area contributed by atoms with Gasteiger partial charge in [-0.1, -0.05) is 96.8 Å². The second-order valence-electron chi connectivity index (χ2n) is 9.37. The van der Waals surface area contributed by atoms with E-state index < -0.39 is 0 Å². The average Bonchev–Trinajstić information content (AvgIpc) is 2.84. The van der Waals surface area contributed by atoms with Crippen molar-refractivity contribution in [1.29, 1.82) is 0 Å². The van der Waals surface area contributed by atoms with Crippen LogP contribution >= 0.6 is 0 Å². The maximum atomic E-state index is 12.2. The van der Waals surface area contributed by atoms with Crippen LogP contribution in [0.5, 0.6) is 17.2 Å². The standard InChI is InChI=1S/C30H45NO3/c1-2-3-4-5-6-7-8-9-10-11-12-13-14-15-16-17-30(33)31-26-18-22-28(23-19-26)34-29-24-20-27(32)21-25-29/h18-25,32H,2-17H2,1H3,(H,31,33). The number of rotatable bonds is 19. The normalized spacial score (nSPS) is 10.9. The number of phenolic OH excluding ortho intramolecular Hbond substituents is 1. The molecule has 2 aromatic rings. The molecule has 4 nitrogen and oxygen atoms in total. The first-order valence-electron chi connectivity index (χ1n) is 13.5. The molecule has 34 heavy (non-hydrogen) atoms. The molecule has 4 heteroatoms. The Balaban J connectivity index is 1.42. The van der Waals surface area contributed by atoms with Crippen LogP contribution in [0.3, 0.4) is 0 Å². The number of aromatic hydroxyl groups is 1. The number of anilines is 1. The Morgan fingerprint density at radius 1 is 0.647 bits per heavy atom. The lowest BCUT2D eigenvalue weighted by Crippen LogP contribution is -2.10. The predicted molar refractivity (Wildman–Crippen MR) is 143 cm³/mol. The van der Waals surface area contributed by atoms with E-state index in [-0.39, 0.29) is 11.7 Å². The number of nitrogens with one attached hydrogen (secondary N) is 1. The van der Waals surface area contributed by atoms with Gasteiger partial charge in [0.2, 0.25) is 5.91 Å². The van der Waals surface area contributed by atoms with Gasteiger partial charge in [-0.05, 0) is 55.0 Å². The van der Waals surface area contributed by atoms with Crippen molar-refractivity contribution < 1.29 is 14.6 Å². The van der Waals surface area contributed by atoms with E-state index in [0.717, 1.165) is 18.5 Å². The van der Waals surface area contributed by atoms with E-state index in [2.05, 4.69) is 12.2 Å². The second kappa shape index (κ2) is 17.9. The van der Waals surface area contributed by atoms with Gasteiger partial charge in [-0.2, -0.15) is 0 Å². The Morgan fingerprint density at radius 2 is 1.06 bits per heavy atom. The van der Waals surface area contributed by atoms with E-state index >= 15 is 0 Å². The van der Waals surface area contributed by atoms with Crippen molar-refractivity contribution >= 4 is 11.6 Å². The van der Waals surface area contributed by atoms with Crippen molar-refractivity contribution in [3.05, 3.63) is 48.5 Å². The molecule has 0 saturated heterocycles. The highest BCUT2D eigenvalue weighted by atomic mass is 16.5. The molecule has 0 radical (unpaired) electrons. The van der Waals surface area contributed by atoms with Gasteiger partial charge >= 0.3 is 0 Å². The van der Waals surface area contributed by atoms with Crippen LogP contribution in [-0.4, -0.2) is 11.0 Å². The number of carbonyl (C=O) groups excluding carboxylic acids is 1. The molecule has 0 unspecified atom stereocenters. The van der Waals surface area contributed by atoms with Crippen molar-refractivity contribution in [2.75, 3.05) is 5.32 Å². The van der Waals surface area contributed by atoms with Crippen LogP contribution in [0.25, 0.3) is 0 Å². The molecule has 2 N–H and O–H groups in total. The first kappa shape index (κ1) is 27.8. The molecule has 0 bridgehead atoms. The van der Waals surface area contributed by atoms with Gasteiger partial charge in [0.05, 0.1) is 0 Å². The lowest BCUT2D eigenvalue weighted by atomic mass is 10.0. The molecule has 0 aromatic heterocycles. The molecule has 0 aliphatic heterocycles. The fourth-order valence-corrected chi connectivity index (χ4v) is 4.14. The van der Waals surface area contributed by atoms with E-state index in [9.17, 15) is 9.90 Å². The quantitative estimate of drug-likeness (QED) is 0.202. The first-order valence-corrected chi connectivity index (χ1v) is 13.5. The van der Waals surface area contributed by atoms with Crippen LogP contribution in [0.4, 0.5) is 5.69 Å². The first-order chi connectivity index (χ1) is 16.7. The summed E-state index contributed by atoms with van der Waals surface area (Å²) in [6.45, 7) is 2.27. The van der Waals surface area contributed by atoms with E-state index in [0.29, 0.717) is 17.9 Å². The van der Waals surface area contributed by atoms with Crippen molar-refractivity contribution in [3.8, 4) is 17.2 Å². The van der Waals surface area contributed by atoms with E-state index in [1.54, 1.807) is 24.3 Å². The third-order valence-electron chi connectivity index (χ3n) is 6.22. The maximum absolute atomic E-state index is 12.2. The molecule has 0 aliphatic rings. The zero-order chi connectivity index (χ0) is 24.3. The minimum absolute atomic E-state index is 0.0712. The Bertz CT molecular complexity index is 771. The van der Waals surface area contributed by atoms with Gasteiger partial charge in [0.25, 0.3) is 0 Å². The zero-order valence-corrected chi connectivity index (χ0v) is 21.2. The predicted octanol–water partition coefficient (Wildman–Crippen LogP) is 9.38. The molecule has 0 atom stereocenters. The van der Waals surface area contributed by atoms with Crippen LogP contribution < -0.4 is 10.1 Å². The molecule has 0 fully saturated rings. The molecule has 1 amide bonds. The summed E-state index contributed by atoms with van der Waals surface area (Å²) in [5.41, 5.74) is 0.781. The Labute approximate surface area is 207 Å². The highest BCUT2D eigenvalue weighted by Crippen LogP contribution is 2.24. The summed E-state index contributed by atoms with van der Waals surface area (Å²) >= 11 is 0. The fraction of sp³-hybridized carbons (Fsp3) is 0.567. The lowest BCUT2D eigenvalue weighted by Gasteiger charge is -2.08. The number of amides is 1. The molecule has 2 rings (SSSR count). The molecule has 2 aromatic carbocycles. The van der Waals surface area contributed by atoms with Crippen molar-refractivity contribution in [2.45, 2.75) is 110 Å². The Hall–Kier alpha value is -2.49. The van der Waals surface area contributed by atoms with Crippen LogP contribution in [0, 0.1) is 0 Å². The van der Waals surface area contributed by atoms with Gasteiger partial charge in [0, 0.05) is 12.1 Å². The van der Waals surface area contributed by atoms with Gasteiger partial charge in [-0.15, -0.1) is 0 Å². The highest BCUT2D eigenvalue weighted by Gasteiger charge is 2.04. The van der Waals surface area contributed by atoms with Crippen LogP contribution in [0.15, 0.2) is 48.5 Å². The average molecular weight is 468 g/mol. The minimum Gasteiger partial charge on any atom is -0.508 e. The summed E-state index contributed by atoms with van der Waals surface area (Å²) in [5, 5.41) is 12.3. The lowest BCUT2D eigenvalue weighted by molar-refractivity contribution is -0.116. The second-order valence-corrected chi connectivity index (χ2v) is 9.37. The van der Waals surface area contributed by atoms with Crippen molar-refractivity contribution in [2.24, 2.45) is 0 Å². The monoisotopic (exact) mass is 467 g/mol. The third kappa shape index (κ3) is 13.3. The topological polar surface area (TPSA) is 58.6 Å². The molecular formula is C30H45NO3. The third-order valence-corrected chi connectivity index (χ3v) is 6.22. The van der Waals surface area contributed by atoms with Crippen LogP contribution in [0.1, 0.15) is 110 Å². The van der Waals surface area contributed by atoms with Crippen LogP contribution in [-0.2, 0) is 4.79 Å². The molecule has 0 spiro atoms. The van der Waals surface area contributed by atoms with Crippen LogP contribution in [0.2, 0.25) is 0 Å². The molecule has 0 saturated carbocycles.